The average Bonchev–Trinajstić information content (AvgIpc) is 3.65. The van der Waals surface area contributed by atoms with E-state index in [1.807, 2.05) is 13.8 Å². The van der Waals surface area contributed by atoms with Gasteiger partial charge in [-0.1, -0.05) is 71.9 Å². The highest BCUT2D eigenvalue weighted by Gasteiger charge is 2.28. The summed E-state index contributed by atoms with van der Waals surface area (Å²) >= 11 is 0. The number of fused-ring (bicyclic) bond motifs is 1. The van der Waals surface area contributed by atoms with Crippen LogP contribution in [0.3, 0.4) is 0 Å². The molecular weight excluding hydrogens is 622 g/mol. The van der Waals surface area contributed by atoms with Gasteiger partial charge in [-0.3, -0.25) is 4.79 Å². The van der Waals surface area contributed by atoms with E-state index in [0.29, 0.717) is 24.6 Å². The standard InChI is InChI=1S/C41H61N7O2/c1-9-14-17-19-32-22-25-36(33(27-32)20-18-15-10-2)50-37(21-16-11-3)41(49)42-28-30(7)39-44-40-38(31(8)45-48(40)46-39)43-35-24-23-34(26-29(35)6)47(12-4)13-5/h22-27,30,37H,9-21,28H2,1-8H3,(H,42,49). The zero-order valence-corrected chi connectivity index (χ0v) is 32.0. The number of aryl methyl sites for hydroxylation is 3. The molecule has 2 aromatic carbocycles. The molecule has 0 fully saturated rings. The third-order valence-corrected chi connectivity index (χ3v) is 9.60. The number of anilines is 1. The van der Waals surface area contributed by atoms with E-state index in [2.05, 4.69) is 98.4 Å². The first-order chi connectivity index (χ1) is 24.2. The summed E-state index contributed by atoms with van der Waals surface area (Å²) in [4.78, 5) is 27.4. The Bertz CT molecular complexity index is 1600. The monoisotopic (exact) mass is 683 g/mol. The van der Waals surface area contributed by atoms with E-state index in [1.165, 1.54) is 48.9 Å². The minimum absolute atomic E-state index is 0.0941. The summed E-state index contributed by atoms with van der Waals surface area (Å²) in [5, 5.41) is 12.5. The molecule has 0 bridgehead atoms. The highest BCUT2D eigenvalue weighted by atomic mass is 16.5. The van der Waals surface area contributed by atoms with Crippen molar-refractivity contribution < 1.29 is 9.53 Å². The van der Waals surface area contributed by atoms with Gasteiger partial charge in [0, 0.05) is 31.2 Å². The van der Waals surface area contributed by atoms with Crippen LogP contribution in [0.15, 0.2) is 46.5 Å². The van der Waals surface area contributed by atoms with Crippen molar-refractivity contribution in [1.82, 2.24) is 20.2 Å². The van der Waals surface area contributed by atoms with E-state index in [4.69, 9.17) is 14.7 Å². The molecule has 1 N–H and O–H groups in total. The van der Waals surface area contributed by atoms with Crippen LogP contribution in [0.4, 0.5) is 11.4 Å². The number of carbonyl (C=O) groups is 1. The number of nitrogens with zero attached hydrogens (tertiary/aromatic N) is 6. The van der Waals surface area contributed by atoms with Gasteiger partial charge in [-0.2, -0.15) is 5.10 Å². The van der Waals surface area contributed by atoms with E-state index in [0.717, 1.165) is 73.6 Å². The molecule has 2 heterocycles. The molecule has 2 atom stereocenters. The van der Waals surface area contributed by atoms with Gasteiger partial charge in [0.1, 0.15) is 11.5 Å². The summed E-state index contributed by atoms with van der Waals surface area (Å²) < 4.78 is 6.55. The van der Waals surface area contributed by atoms with Crippen LogP contribution in [-0.2, 0) is 17.6 Å². The van der Waals surface area contributed by atoms with Gasteiger partial charge in [0.25, 0.3) is 5.91 Å². The Morgan fingerprint density at radius 2 is 1.64 bits per heavy atom. The molecule has 9 heteroatoms. The summed E-state index contributed by atoms with van der Waals surface area (Å²) in [6, 6.07) is 13.0. The number of ether oxygens (including phenoxy) is 1. The molecule has 272 valence electrons. The van der Waals surface area contributed by atoms with E-state index >= 15 is 0 Å². The summed E-state index contributed by atoms with van der Waals surface area (Å²) in [7, 11) is 0. The maximum Gasteiger partial charge on any atom is 0.261 e. The number of aliphatic imine (C=N–C) groups is 1. The Morgan fingerprint density at radius 3 is 2.32 bits per heavy atom. The van der Waals surface area contributed by atoms with Crippen LogP contribution in [0.25, 0.3) is 0 Å². The topological polar surface area (TPSA) is 97.0 Å². The smallest absolute Gasteiger partial charge is 0.261 e. The van der Waals surface area contributed by atoms with E-state index < -0.39 is 6.10 Å². The molecule has 0 saturated carbocycles. The molecule has 3 aromatic rings. The Kier molecular flexibility index (Phi) is 15.0. The maximum absolute atomic E-state index is 13.7. The van der Waals surface area contributed by atoms with Crippen LogP contribution < -0.4 is 15.0 Å². The molecular formula is C41H61N7O2. The highest BCUT2D eigenvalue weighted by molar-refractivity contribution is 6.48. The van der Waals surface area contributed by atoms with Gasteiger partial charge in [-0.15, -0.1) is 9.89 Å². The van der Waals surface area contributed by atoms with Crippen LogP contribution in [0.1, 0.15) is 141 Å². The number of benzene rings is 2. The largest absolute Gasteiger partial charge is 0.480 e. The lowest BCUT2D eigenvalue weighted by Crippen LogP contribution is -2.40. The Balaban J connectivity index is 1.45. The van der Waals surface area contributed by atoms with E-state index in [9.17, 15) is 4.79 Å². The van der Waals surface area contributed by atoms with Gasteiger partial charge < -0.3 is 15.0 Å². The first-order valence-electron chi connectivity index (χ1n) is 19.3. The molecule has 50 heavy (non-hydrogen) atoms. The number of amides is 1. The zero-order chi connectivity index (χ0) is 36.0. The summed E-state index contributed by atoms with van der Waals surface area (Å²) in [5.74, 6) is 1.88. The number of hydrogen-bond donors (Lipinski definition) is 1. The van der Waals surface area contributed by atoms with Crippen molar-refractivity contribution in [3.8, 4) is 5.75 Å². The Labute approximate surface area is 301 Å². The van der Waals surface area contributed by atoms with Gasteiger partial charge in [0.2, 0.25) is 5.82 Å². The fraction of sp³-hybridized carbons (Fsp3) is 0.585. The lowest BCUT2D eigenvalue weighted by molar-refractivity contribution is -0.128. The van der Waals surface area contributed by atoms with Crippen molar-refractivity contribution in [2.24, 2.45) is 10.1 Å². The molecule has 4 rings (SSSR count). The first-order valence-corrected chi connectivity index (χ1v) is 19.3. The normalized spacial score (nSPS) is 14.4. The van der Waals surface area contributed by atoms with Crippen molar-refractivity contribution >= 4 is 28.7 Å². The minimum Gasteiger partial charge on any atom is -0.480 e. The predicted molar refractivity (Wildman–Crippen MR) is 208 cm³/mol. The molecule has 2 unspecified atom stereocenters. The molecule has 1 aliphatic heterocycles. The lowest BCUT2D eigenvalue weighted by atomic mass is 10.00. The molecule has 1 aliphatic rings. The molecule has 0 radical (unpaired) electrons. The van der Waals surface area contributed by atoms with Crippen molar-refractivity contribution in [3.63, 3.8) is 0 Å². The van der Waals surface area contributed by atoms with Gasteiger partial charge >= 0.3 is 0 Å². The summed E-state index contributed by atoms with van der Waals surface area (Å²) in [6.07, 6.45) is 11.2. The van der Waals surface area contributed by atoms with Crippen molar-refractivity contribution in [2.45, 2.75) is 138 Å². The van der Waals surface area contributed by atoms with E-state index in [1.54, 1.807) is 4.79 Å². The molecule has 0 spiro atoms. The molecule has 1 aromatic heterocycles. The molecule has 0 saturated heterocycles. The first kappa shape index (κ1) is 38.8. The van der Waals surface area contributed by atoms with Gasteiger partial charge in [0.15, 0.2) is 11.9 Å². The maximum atomic E-state index is 13.7. The van der Waals surface area contributed by atoms with Crippen LogP contribution in [0.2, 0.25) is 0 Å². The van der Waals surface area contributed by atoms with Crippen molar-refractivity contribution in [1.29, 1.82) is 0 Å². The zero-order valence-electron chi connectivity index (χ0n) is 32.0. The SMILES string of the molecule is CCCCCc1ccc(OC(CCCC)C(=O)NCC(C)c2nc3n(n2)N=C(C)C3=Nc2ccc(N(CC)CC)cc2C)c(CCCCC)c1. The van der Waals surface area contributed by atoms with Crippen LogP contribution in [0.5, 0.6) is 5.75 Å². The number of carbonyl (C=O) groups excluding carboxylic acids is 1. The second-order valence-electron chi connectivity index (χ2n) is 13.7. The number of rotatable bonds is 21. The van der Waals surface area contributed by atoms with Crippen LogP contribution >= 0.6 is 0 Å². The fourth-order valence-electron chi connectivity index (χ4n) is 6.39. The molecule has 9 nitrogen and oxygen atoms in total. The van der Waals surface area contributed by atoms with Crippen molar-refractivity contribution in [3.05, 3.63) is 64.7 Å². The average molecular weight is 684 g/mol. The number of unbranched alkanes of at least 4 members (excludes halogenated alkanes) is 5. The number of aromatic nitrogens is 3. The number of nitrogens with one attached hydrogen (secondary N) is 1. The second kappa shape index (κ2) is 19.4. The Hall–Kier alpha value is -4.01. The number of hydrogen-bond acceptors (Lipinski definition) is 7. The Morgan fingerprint density at radius 1 is 0.920 bits per heavy atom. The lowest BCUT2D eigenvalue weighted by Gasteiger charge is -2.22. The summed E-state index contributed by atoms with van der Waals surface area (Å²) in [6.45, 7) is 19.3. The third-order valence-electron chi connectivity index (χ3n) is 9.60. The predicted octanol–water partition coefficient (Wildman–Crippen LogP) is 9.11. The van der Waals surface area contributed by atoms with Gasteiger partial charge in [0.05, 0.1) is 11.4 Å². The summed E-state index contributed by atoms with van der Waals surface area (Å²) in [5.41, 5.74) is 7.25. The van der Waals surface area contributed by atoms with Crippen LogP contribution in [0, 0.1) is 6.92 Å². The molecule has 1 amide bonds. The van der Waals surface area contributed by atoms with Crippen LogP contribution in [-0.4, -0.2) is 57.9 Å². The van der Waals surface area contributed by atoms with Crippen molar-refractivity contribution in [2.75, 3.05) is 24.5 Å². The quantitative estimate of drug-likeness (QED) is 0.113. The minimum atomic E-state index is -0.555. The van der Waals surface area contributed by atoms with Gasteiger partial charge in [-0.05, 0) is 107 Å². The fourth-order valence-corrected chi connectivity index (χ4v) is 6.39. The molecule has 0 aliphatic carbocycles. The highest BCUT2D eigenvalue weighted by Crippen LogP contribution is 2.28. The second-order valence-corrected chi connectivity index (χ2v) is 13.7. The van der Waals surface area contributed by atoms with Gasteiger partial charge in [-0.25, -0.2) is 9.98 Å². The van der Waals surface area contributed by atoms with E-state index in [-0.39, 0.29) is 11.8 Å². The third kappa shape index (κ3) is 10.3.